The van der Waals surface area contributed by atoms with E-state index >= 15 is 0 Å². The first kappa shape index (κ1) is 22.1. The van der Waals surface area contributed by atoms with Crippen LogP contribution < -0.4 is 15.6 Å². The predicted molar refractivity (Wildman–Crippen MR) is 134 cm³/mol. The van der Waals surface area contributed by atoms with Crippen LogP contribution >= 0.6 is 0 Å². The molecule has 0 saturated carbocycles. The van der Waals surface area contributed by atoms with Crippen LogP contribution in [0.5, 0.6) is 0 Å². The van der Waals surface area contributed by atoms with Crippen LogP contribution in [0.2, 0.25) is 9.88 Å². The molecule has 0 atom stereocenters. The van der Waals surface area contributed by atoms with E-state index in [1.807, 2.05) is 18.2 Å². The molecule has 0 saturated heterocycles. The Bertz CT molecular complexity index is 1040. The Balaban J connectivity index is 0.000000806. The van der Waals surface area contributed by atoms with Crippen molar-refractivity contribution < 1.29 is 0 Å². The van der Waals surface area contributed by atoms with Gasteiger partial charge in [-0.3, -0.25) is 0 Å². The molecule has 4 aromatic carbocycles. The average molecular weight is 508 g/mol. The molecule has 145 valence electrons. The van der Waals surface area contributed by atoms with Crippen molar-refractivity contribution in [2.45, 2.75) is 9.88 Å². The van der Waals surface area contributed by atoms with Crippen molar-refractivity contribution in [2.24, 2.45) is 0 Å². The Labute approximate surface area is 192 Å². The van der Waals surface area contributed by atoms with E-state index in [4.69, 9.17) is 0 Å². The molecular formula is C28H25SiSn. The first-order valence-electron chi connectivity index (χ1n) is 10.1. The van der Waals surface area contributed by atoms with Gasteiger partial charge in [-0.05, 0) is 23.4 Å². The molecule has 0 aliphatic rings. The third kappa shape index (κ3) is 6.22. The van der Waals surface area contributed by atoms with Gasteiger partial charge in [-0.15, -0.1) is 0 Å². The van der Waals surface area contributed by atoms with Crippen LogP contribution in [-0.4, -0.2) is 29.9 Å². The van der Waals surface area contributed by atoms with Gasteiger partial charge in [0.2, 0.25) is 0 Å². The molecule has 0 aliphatic carbocycles. The van der Waals surface area contributed by atoms with E-state index in [1.165, 1.54) is 15.6 Å². The molecule has 0 amide bonds. The van der Waals surface area contributed by atoms with Gasteiger partial charge in [0.1, 0.15) is 0 Å². The van der Waals surface area contributed by atoms with Crippen LogP contribution in [0.1, 0.15) is 11.1 Å². The Morgan fingerprint density at radius 2 is 0.967 bits per heavy atom. The zero-order valence-electron chi connectivity index (χ0n) is 17.5. The van der Waals surface area contributed by atoms with E-state index in [0.717, 1.165) is 11.1 Å². The van der Waals surface area contributed by atoms with Gasteiger partial charge in [0.25, 0.3) is 0 Å². The van der Waals surface area contributed by atoms with E-state index < -0.39 is 8.80 Å². The number of hydrogen-bond acceptors (Lipinski definition) is 0. The summed E-state index contributed by atoms with van der Waals surface area (Å²) in [6, 6.07) is 40.4. The van der Waals surface area contributed by atoms with Gasteiger partial charge < -0.3 is 0 Å². The first-order valence-corrected chi connectivity index (χ1v) is 17.3. The van der Waals surface area contributed by atoms with Gasteiger partial charge in [0, 0.05) is 11.1 Å². The molecule has 0 aliphatic heterocycles. The summed E-state index contributed by atoms with van der Waals surface area (Å²) in [6.45, 7) is 0. The molecule has 0 nitrogen and oxygen atoms in total. The zero-order valence-corrected chi connectivity index (χ0v) is 21.3. The van der Waals surface area contributed by atoms with Gasteiger partial charge in [-0.2, -0.15) is 0 Å². The third-order valence-corrected chi connectivity index (χ3v) is 7.23. The molecule has 0 bridgehead atoms. The Hall–Kier alpha value is -2.54. The summed E-state index contributed by atoms with van der Waals surface area (Å²) in [5, 5.41) is 4.09. The van der Waals surface area contributed by atoms with E-state index in [1.54, 1.807) is 0 Å². The molecule has 4 aromatic rings. The summed E-state index contributed by atoms with van der Waals surface area (Å²) >= 11 is 0.230. The van der Waals surface area contributed by atoms with Gasteiger partial charge >= 0.3 is 31.0 Å². The van der Waals surface area contributed by atoms with Crippen LogP contribution in [0.15, 0.2) is 115 Å². The van der Waals surface area contributed by atoms with Crippen molar-refractivity contribution in [3.05, 3.63) is 126 Å². The topological polar surface area (TPSA) is 0 Å². The zero-order chi connectivity index (χ0) is 21.0. The van der Waals surface area contributed by atoms with Crippen LogP contribution in [-0.2, 0) is 0 Å². The normalized spacial score (nSPS) is 9.83. The van der Waals surface area contributed by atoms with E-state index in [2.05, 4.69) is 119 Å². The predicted octanol–water partition coefficient (Wildman–Crippen LogP) is 4.39. The van der Waals surface area contributed by atoms with E-state index in [-0.39, 0.29) is 21.1 Å². The van der Waals surface area contributed by atoms with Gasteiger partial charge in [0.15, 0.2) is 8.80 Å². The molecule has 30 heavy (non-hydrogen) atoms. The van der Waals surface area contributed by atoms with Crippen LogP contribution in [0.4, 0.5) is 0 Å². The SMILES string of the molecule is C(#Cc1ccccc1[Si](c1ccccc1)c1ccccc1)c1ccccc1.[CH3][Sn][CH3]. The Kier molecular flexibility index (Phi) is 9.02. The van der Waals surface area contributed by atoms with E-state index in [0.29, 0.717) is 0 Å². The summed E-state index contributed by atoms with van der Waals surface area (Å²) in [4.78, 5) is 4.59. The summed E-state index contributed by atoms with van der Waals surface area (Å²) in [5.41, 5.74) is 2.16. The van der Waals surface area contributed by atoms with Crippen LogP contribution in [0, 0.1) is 11.8 Å². The fourth-order valence-corrected chi connectivity index (χ4v) is 5.84. The van der Waals surface area contributed by atoms with Crippen molar-refractivity contribution in [3.8, 4) is 11.8 Å². The van der Waals surface area contributed by atoms with Crippen LogP contribution in [0.3, 0.4) is 0 Å². The monoisotopic (exact) mass is 509 g/mol. The second-order valence-electron chi connectivity index (χ2n) is 6.77. The quantitative estimate of drug-likeness (QED) is 0.219. The molecular weight excluding hydrogens is 483 g/mol. The summed E-state index contributed by atoms with van der Waals surface area (Å²) in [7, 11) is -1.11. The number of hydrogen-bond donors (Lipinski definition) is 0. The van der Waals surface area contributed by atoms with Gasteiger partial charge in [-0.25, -0.2) is 0 Å². The van der Waals surface area contributed by atoms with Crippen molar-refractivity contribution in [1.29, 1.82) is 0 Å². The second kappa shape index (κ2) is 12.2. The summed E-state index contributed by atoms with van der Waals surface area (Å²) in [6.07, 6.45) is 0. The minimum atomic E-state index is -1.11. The second-order valence-corrected chi connectivity index (χ2v) is 12.1. The molecule has 2 heteroatoms. The Morgan fingerprint density at radius 3 is 1.50 bits per heavy atom. The van der Waals surface area contributed by atoms with Crippen molar-refractivity contribution >= 4 is 45.5 Å². The number of rotatable bonds is 3. The van der Waals surface area contributed by atoms with Crippen molar-refractivity contribution in [1.82, 2.24) is 0 Å². The molecule has 0 aromatic heterocycles. The molecule has 0 N–H and O–H groups in total. The standard InChI is InChI=1S/C26H19Si.2CH3.Sn/c1-4-12-22(13-5-1)20-21-23-14-10-11-19-26(23)27(24-15-6-2-7-16-24)25-17-8-3-9-18-25;;;/h1-19H;2*1H3;. The Morgan fingerprint density at radius 1 is 0.533 bits per heavy atom. The number of benzene rings is 4. The fourth-order valence-electron chi connectivity index (χ4n) is 3.16. The van der Waals surface area contributed by atoms with Gasteiger partial charge in [0.05, 0.1) is 0 Å². The molecule has 0 unspecified atom stereocenters. The molecule has 0 heterocycles. The summed E-state index contributed by atoms with van der Waals surface area (Å²) < 4.78 is 0. The molecule has 3 radical (unpaired) electrons. The fraction of sp³-hybridized carbons (Fsp3) is 0.0714. The maximum atomic E-state index is 3.43. The molecule has 4 rings (SSSR count). The van der Waals surface area contributed by atoms with Crippen LogP contribution in [0.25, 0.3) is 0 Å². The molecule has 0 fully saturated rings. The minimum absolute atomic E-state index is 0.230. The van der Waals surface area contributed by atoms with Crippen molar-refractivity contribution in [3.63, 3.8) is 0 Å². The van der Waals surface area contributed by atoms with Crippen molar-refractivity contribution in [2.75, 3.05) is 0 Å². The average Bonchev–Trinajstić information content (AvgIpc) is 2.81. The van der Waals surface area contributed by atoms with Gasteiger partial charge in [-0.1, -0.05) is 119 Å². The maximum absolute atomic E-state index is 3.43. The first-order chi connectivity index (χ1) is 14.8. The van der Waals surface area contributed by atoms with E-state index in [9.17, 15) is 0 Å². The summed E-state index contributed by atoms with van der Waals surface area (Å²) in [5.74, 6) is 6.75. The molecule has 0 spiro atoms. The third-order valence-electron chi connectivity index (χ3n) is 4.44.